The summed E-state index contributed by atoms with van der Waals surface area (Å²) < 4.78 is 1.71. The molecule has 0 atom stereocenters. The molecule has 0 saturated carbocycles. The van der Waals surface area contributed by atoms with E-state index in [1.165, 1.54) is 6.07 Å². The molecule has 0 aliphatic carbocycles. The average molecular weight is 275 g/mol. The smallest absolute Gasteiger partial charge is 0.272 e. The molecule has 1 aromatic heterocycles. The van der Waals surface area contributed by atoms with Crippen LogP contribution in [0.3, 0.4) is 0 Å². The van der Waals surface area contributed by atoms with Crippen molar-refractivity contribution in [3.05, 3.63) is 45.1 Å². The highest BCUT2D eigenvalue weighted by Gasteiger charge is 2.15. The Labute approximate surface area is 116 Å². The number of hydrogen-bond donors (Lipinski definition) is 1. The van der Waals surface area contributed by atoms with Gasteiger partial charge in [0.2, 0.25) is 0 Å². The van der Waals surface area contributed by atoms with Crippen molar-refractivity contribution < 1.29 is 4.92 Å². The Balaban J connectivity index is 2.35. The maximum atomic E-state index is 11.0. The van der Waals surface area contributed by atoms with Gasteiger partial charge < -0.3 is 5.73 Å². The van der Waals surface area contributed by atoms with Crippen molar-refractivity contribution in [2.24, 2.45) is 0 Å². The molecule has 0 fully saturated rings. The van der Waals surface area contributed by atoms with Crippen molar-refractivity contribution in [1.82, 2.24) is 15.0 Å². The Bertz CT molecular complexity index is 636. The zero-order chi connectivity index (χ0) is 14.7. The van der Waals surface area contributed by atoms with Crippen molar-refractivity contribution >= 4 is 11.5 Å². The summed E-state index contributed by atoms with van der Waals surface area (Å²) >= 11 is 0. The Morgan fingerprint density at radius 2 is 2.20 bits per heavy atom. The van der Waals surface area contributed by atoms with Crippen LogP contribution in [0.15, 0.2) is 18.2 Å². The first-order valence-electron chi connectivity index (χ1n) is 6.45. The summed E-state index contributed by atoms with van der Waals surface area (Å²) in [5.41, 5.74) is 8.28. The predicted octanol–water partition coefficient (Wildman–Crippen LogP) is 2.08. The summed E-state index contributed by atoms with van der Waals surface area (Å²) in [4.78, 5) is 10.6. The third kappa shape index (κ3) is 2.61. The number of benzene rings is 1. The number of nitro benzene ring substituents is 1. The monoisotopic (exact) mass is 275 g/mol. The second-order valence-corrected chi connectivity index (χ2v) is 4.65. The summed E-state index contributed by atoms with van der Waals surface area (Å²) in [6.45, 7) is 4.23. The van der Waals surface area contributed by atoms with Crippen molar-refractivity contribution in [2.75, 3.05) is 5.73 Å². The molecule has 0 unspecified atom stereocenters. The molecule has 2 aromatic rings. The van der Waals surface area contributed by atoms with E-state index in [4.69, 9.17) is 5.73 Å². The fourth-order valence-corrected chi connectivity index (χ4v) is 2.17. The molecule has 106 valence electrons. The van der Waals surface area contributed by atoms with Gasteiger partial charge in [0.1, 0.15) is 0 Å². The number of anilines is 1. The number of nitrogen functional groups attached to an aromatic ring is 1. The Kier molecular flexibility index (Phi) is 3.97. The number of nitrogens with two attached hydrogens (primary N) is 1. The standard InChI is InChI=1S/C13H17N5O2/c1-3-5-12-13(14)15-16-17(12)8-10-6-4-7-11(9(10)2)18(19)20/h4,6-7H,3,5,8,14H2,1-2H3. The number of nitrogens with zero attached hydrogens (tertiary/aromatic N) is 4. The first-order chi connectivity index (χ1) is 9.54. The molecule has 1 aromatic carbocycles. The van der Waals surface area contributed by atoms with E-state index in [-0.39, 0.29) is 10.6 Å². The molecule has 1 heterocycles. The van der Waals surface area contributed by atoms with Crippen molar-refractivity contribution in [3.63, 3.8) is 0 Å². The van der Waals surface area contributed by atoms with Crippen molar-refractivity contribution in [3.8, 4) is 0 Å². The molecule has 0 spiro atoms. The maximum Gasteiger partial charge on any atom is 0.272 e. The first-order valence-corrected chi connectivity index (χ1v) is 6.45. The van der Waals surface area contributed by atoms with Crippen LogP contribution in [0, 0.1) is 17.0 Å². The Morgan fingerprint density at radius 1 is 1.45 bits per heavy atom. The topological polar surface area (TPSA) is 99.9 Å². The van der Waals surface area contributed by atoms with E-state index in [9.17, 15) is 10.1 Å². The molecule has 7 nitrogen and oxygen atoms in total. The van der Waals surface area contributed by atoms with E-state index < -0.39 is 0 Å². The van der Waals surface area contributed by atoms with Crippen LogP contribution in [0.4, 0.5) is 11.5 Å². The molecule has 7 heteroatoms. The summed E-state index contributed by atoms with van der Waals surface area (Å²) in [5.74, 6) is 0.426. The molecule has 0 bridgehead atoms. The van der Waals surface area contributed by atoms with E-state index in [0.717, 1.165) is 24.1 Å². The fourth-order valence-electron chi connectivity index (χ4n) is 2.17. The van der Waals surface area contributed by atoms with Gasteiger partial charge in [-0.25, -0.2) is 4.68 Å². The largest absolute Gasteiger partial charge is 0.381 e. The molecule has 2 N–H and O–H groups in total. The van der Waals surface area contributed by atoms with Crippen LogP contribution in [-0.4, -0.2) is 19.9 Å². The molecular weight excluding hydrogens is 258 g/mol. The number of aromatic nitrogens is 3. The highest BCUT2D eigenvalue weighted by atomic mass is 16.6. The molecule has 20 heavy (non-hydrogen) atoms. The number of nitro groups is 1. The van der Waals surface area contributed by atoms with Gasteiger partial charge in [-0.05, 0) is 18.9 Å². The SMILES string of the molecule is CCCc1c(N)nnn1Cc1cccc([N+](=O)[O-])c1C. The maximum absolute atomic E-state index is 11.0. The lowest BCUT2D eigenvalue weighted by molar-refractivity contribution is -0.385. The second-order valence-electron chi connectivity index (χ2n) is 4.65. The summed E-state index contributed by atoms with van der Waals surface area (Å²) in [6.07, 6.45) is 1.72. The lowest BCUT2D eigenvalue weighted by Crippen LogP contribution is -2.09. The molecular formula is C13H17N5O2. The lowest BCUT2D eigenvalue weighted by atomic mass is 10.1. The Hall–Kier alpha value is -2.44. The fraction of sp³-hybridized carbons (Fsp3) is 0.385. The minimum absolute atomic E-state index is 0.118. The van der Waals surface area contributed by atoms with Crippen LogP contribution < -0.4 is 5.73 Å². The van der Waals surface area contributed by atoms with Crippen molar-refractivity contribution in [2.45, 2.75) is 33.2 Å². The molecule has 2 rings (SSSR count). The van der Waals surface area contributed by atoms with Crippen LogP contribution >= 0.6 is 0 Å². The van der Waals surface area contributed by atoms with Gasteiger partial charge >= 0.3 is 0 Å². The summed E-state index contributed by atoms with van der Waals surface area (Å²) in [6, 6.07) is 5.04. The second kappa shape index (κ2) is 5.68. The number of hydrogen-bond acceptors (Lipinski definition) is 5. The van der Waals surface area contributed by atoms with E-state index in [1.54, 1.807) is 17.7 Å². The van der Waals surface area contributed by atoms with Crippen LogP contribution in [-0.2, 0) is 13.0 Å². The lowest BCUT2D eigenvalue weighted by Gasteiger charge is -2.09. The minimum atomic E-state index is -0.374. The van der Waals surface area contributed by atoms with Gasteiger partial charge in [0.05, 0.1) is 17.2 Å². The quantitative estimate of drug-likeness (QED) is 0.665. The molecule has 0 aliphatic rings. The van der Waals surface area contributed by atoms with Gasteiger partial charge in [-0.2, -0.15) is 0 Å². The van der Waals surface area contributed by atoms with Gasteiger partial charge in [0, 0.05) is 11.6 Å². The van der Waals surface area contributed by atoms with Crippen LogP contribution in [0.1, 0.15) is 30.2 Å². The Morgan fingerprint density at radius 3 is 2.85 bits per heavy atom. The molecule has 0 amide bonds. The van der Waals surface area contributed by atoms with Gasteiger partial charge in [0.25, 0.3) is 5.69 Å². The highest BCUT2D eigenvalue weighted by Crippen LogP contribution is 2.22. The molecule has 0 saturated heterocycles. The third-order valence-electron chi connectivity index (χ3n) is 3.29. The van der Waals surface area contributed by atoms with Crippen LogP contribution in [0.25, 0.3) is 0 Å². The minimum Gasteiger partial charge on any atom is -0.381 e. The summed E-state index contributed by atoms with van der Waals surface area (Å²) in [5, 5.41) is 18.8. The average Bonchev–Trinajstić information content (AvgIpc) is 2.74. The van der Waals surface area contributed by atoms with Gasteiger partial charge in [-0.1, -0.05) is 30.7 Å². The normalized spacial score (nSPS) is 10.7. The van der Waals surface area contributed by atoms with E-state index in [0.29, 0.717) is 17.9 Å². The van der Waals surface area contributed by atoms with Gasteiger partial charge in [-0.3, -0.25) is 10.1 Å². The zero-order valence-corrected chi connectivity index (χ0v) is 11.5. The highest BCUT2D eigenvalue weighted by molar-refractivity contribution is 5.45. The van der Waals surface area contributed by atoms with Crippen LogP contribution in [0.2, 0.25) is 0 Å². The first kappa shape index (κ1) is 14.0. The predicted molar refractivity (Wildman–Crippen MR) is 75.4 cm³/mol. The van der Waals surface area contributed by atoms with Gasteiger partial charge in [-0.15, -0.1) is 5.10 Å². The van der Waals surface area contributed by atoms with Crippen LogP contribution in [0.5, 0.6) is 0 Å². The zero-order valence-electron chi connectivity index (χ0n) is 11.5. The number of rotatable bonds is 5. The molecule has 0 aliphatic heterocycles. The van der Waals surface area contributed by atoms with Gasteiger partial charge in [0.15, 0.2) is 5.82 Å². The van der Waals surface area contributed by atoms with E-state index in [1.807, 2.05) is 6.07 Å². The molecule has 0 radical (unpaired) electrons. The van der Waals surface area contributed by atoms with Crippen molar-refractivity contribution in [1.29, 1.82) is 0 Å². The third-order valence-corrected chi connectivity index (χ3v) is 3.29. The summed E-state index contributed by atoms with van der Waals surface area (Å²) in [7, 11) is 0. The van der Waals surface area contributed by atoms with E-state index >= 15 is 0 Å². The van der Waals surface area contributed by atoms with E-state index in [2.05, 4.69) is 17.2 Å².